The van der Waals surface area contributed by atoms with Crippen LogP contribution in [-0.4, -0.2) is 25.7 Å². The van der Waals surface area contributed by atoms with Gasteiger partial charge >= 0.3 is 0 Å². The lowest BCUT2D eigenvalue weighted by molar-refractivity contribution is 0.546. The average molecular weight is 171 g/mol. The van der Waals surface area contributed by atoms with Crippen molar-refractivity contribution in [1.82, 2.24) is 10.6 Å². The molecule has 0 fully saturated rings. The van der Waals surface area contributed by atoms with Crippen LogP contribution in [0.3, 0.4) is 0 Å². The predicted molar refractivity (Wildman–Crippen MR) is 55.2 cm³/mol. The summed E-state index contributed by atoms with van der Waals surface area (Å²) in [4.78, 5) is 0. The molecule has 0 saturated heterocycles. The van der Waals surface area contributed by atoms with Crippen LogP contribution in [0.4, 0.5) is 0 Å². The Morgan fingerprint density at radius 1 is 1.08 bits per heavy atom. The van der Waals surface area contributed by atoms with E-state index in [1.54, 1.807) is 0 Å². The zero-order valence-electron chi connectivity index (χ0n) is 8.53. The molecule has 0 saturated carbocycles. The molecule has 0 amide bonds. The number of unbranched alkanes of at least 4 members (excludes halogenated alkanes) is 2. The lowest BCUT2D eigenvalue weighted by Gasteiger charge is -2.08. The molecular formula is C10H23N2. The third-order valence-corrected chi connectivity index (χ3v) is 1.71. The fourth-order valence-electron chi connectivity index (χ4n) is 1.00. The average Bonchev–Trinajstić information content (AvgIpc) is 2.02. The van der Waals surface area contributed by atoms with Crippen LogP contribution in [-0.2, 0) is 0 Å². The molecular weight excluding hydrogens is 148 g/mol. The third kappa shape index (κ3) is 9.92. The van der Waals surface area contributed by atoms with E-state index >= 15 is 0 Å². The highest BCUT2D eigenvalue weighted by molar-refractivity contribution is 4.55. The molecule has 73 valence electrons. The van der Waals surface area contributed by atoms with Crippen molar-refractivity contribution in [2.24, 2.45) is 0 Å². The molecule has 0 aromatic rings. The van der Waals surface area contributed by atoms with E-state index in [2.05, 4.69) is 31.4 Å². The third-order valence-electron chi connectivity index (χ3n) is 1.71. The Labute approximate surface area is 77.1 Å². The molecule has 0 aliphatic carbocycles. The smallest absolute Gasteiger partial charge is 0.00790 e. The molecule has 0 unspecified atom stereocenters. The van der Waals surface area contributed by atoms with Gasteiger partial charge in [-0.3, -0.25) is 0 Å². The summed E-state index contributed by atoms with van der Waals surface area (Å²) in [6, 6.07) is 0.603. The lowest BCUT2D eigenvalue weighted by Crippen LogP contribution is -2.31. The minimum Gasteiger partial charge on any atom is -0.315 e. The summed E-state index contributed by atoms with van der Waals surface area (Å²) in [6.07, 6.45) is 3.56. The first kappa shape index (κ1) is 11.9. The number of nitrogens with one attached hydrogen (secondary N) is 2. The highest BCUT2D eigenvalue weighted by atomic mass is 14.9. The van der Waals surface area contributed by atoms with Gasteiger partial charge in [0.2, 0.25) is 0 Å². The van der Waals surface area contributed by atoms with E-state index in [-0.39, 0.29) is 0 Å². The molecule has 0 bridgehead atoms. The van der Waals surface area contributed by atoms with Gasteiger partial charge < -0.3 is 10.6 Å². The second-order valence-electron chi connectivity index (χ2n) is 3.42. The molecule has 0 aliphatic rings. The Bertz CT molecular complexity index is 81.9. The molecule has 1 radical (unpaired) electrons. The van der Waals surface area contributed by atoms with Crippen LogP contribution in [0, 0.1) is 6.92 Å². The van der Waals surface area contributed by atoms with Gasteiger partial charge in [-0.2, -0.15) is 0 Å². The second-order valence-corrected chi connectivity index (χ2v) is 3.42. The highest BCUT2D eigenvalue weighted by Crippen LogP contribution is 1.89. The van der Waals surface area contributed by atoms with Crippen molar-refractivity contribution < 1.29 is 0 Å². The van der Waals surface area contributed by atoms with E-state index in [0.29, 0.717) is 6.04 Å². The van der Waals surface area contributed by atoms with E-state index in [1.165, 1.54) is 12.8 Å². The molecule has 0 spiro atoms. The molecule has 0 aromatic heterocycles. The maximum absolute atomic E-state index is 3.80. The standard InChI is InChI=1S/C10H23N2/c1-4-5-6-7-11-8-9-12-10(2)3/h10-12H,1,4-9H2,2-3H3. The van der Waals surface area contributed by atoms with Gasteiger partial charge in [0.05, 0.1) is 0 Å². The molecule has 0 aromatic carbocycles. The van der Waals surface area contributed by atoms with Gasteiger partial charge in [-0.05, 0) is 13.0 Å². The fourth-order valence-corrected chi connectivity index (χ4v) is 1.00. The molecule has 0 heterocycles. The second kappa shape index (κ2) is 9.01. The summed E-state index contributed by atoms with van der Waals surface area (Å²) in [5.74, 6) is 0. The van der Waals surface area contributed by atoms with Crippen molar-refractivity contribution in [2.75, 3.05) is 19.6 Å². The van der Waals surface area contributed by atoms with Crippen LogP contribution in [0.5, 0.6) is 0 Å². The first-order valence-corrected chi connectivity index (χ1v) is 5.00. The topological polar surface area (TPSA) is 24.1 Å². The maximum atomic E-state index is 3.80. The molecule has 2 N–H and O–H groups in total. The molecule has 0 atom stereocenters. The maximum Gasteiger partial charge on any atom is 0.00790 e. The number of hydrogen-bond acceptors (Lipinski definition) is 2. The molecule has 2 nitrogen and oxygen atoms in total. The van der Waals surface area contributed by atoms with Gasteiger partial charge in [0.15, 0.2) is 0 Å². The van der Waals surface area contributed by atoms with Crippen molar-refractivity contribution >= 4 is 0 Å². The Morgan fingerprint density at radius 3 is 2.42 bits per heavy atom. The summed E-state index contributed by atoms with van der Waals surface area (Å²) in [5, 5.41) is 6.75. The summed E-state index contributed by atoms with van der Waals surface area (Å²) in [5.41, 5.74) is 0. The van der Waals surface area contributed by atoms with Gasteiger partial charge in [-0.25, -0.2) is 0 Å². The van der Waals surface area contributed by atoms with Crippen LogP contribution >= 0.6 is 0 Å². The first-order valence-electron chi connectivity index (χ1n) is 5.00. The Hall–Kier alpha value is -0.0800. The minimum atomic E-state index is 0.603. The minimum absolute atomic E-state index is 0.603. The first-order chi connectivity index (χ1) is 5.77. The molecule has 0 rings (SSSR count). The quantitative estimate of drug-likeness (QED) is 0.542. The van der Waals surface area contributed by atoms with E-state index in [9.17, 15) is 0 Å². The van der Waals surface area contributed by atoms with Gasteiger partial charge in [0.25, 0.3) is 0 Å². The SMILES string of the molecule is [CH2]CCCCNCCNC(C)C. The molecule has 0 aliphatic heterocycles. The zero-order valence-corrected chi connectivity index (χ0v) is 8.53. The van der Waals surface area contributed by atoms with Crippen molar-refractivity contribution in [3.63, 3.8) is 0 Å². The van der Waals surface area contributed by atoms with Gasteiger partial charge in [0.1, 0.15) is 0 Å². The van der Waals surface area contributed by atoms with E-state index in [1.807, 2.05) is 0 Å². The summed E-state index contributed by atoms with van der Waals surface area (Å²) >= 11 is 0. The van der Waals surface area contributed by atoms with Crippen molar-refractivity contribution in [1.29, 1.82) is 0 Å². The highest BCUT2D eigenvalue weighted by Gasteiger charge is 1.90. The van der Waals surface area contributed by atoms with E-state index in [0.717, 1.165) is 26.1 Å². The Kier molecular flexibility index (Phi) is 8.95. The molecule has 12 heavy (non-hydrogen) atoms. The monoisotopic (exact) mass is 171 g/mol. The van der Waals surface area contributed by atoms with Crippen LogP contribution < -0.4 is 10.6 Å². The van der Waals surface area contributed by atoms with Crippen LogP contribution in [0.1, 0.15) is 33.1 Å². The van der Waals surface area contributed by atoms with Gasteiger partial charge in [0, 0.05) is 19.1 Å². The Morgan fingerprint density at radius 2 is 1.83 bits per heavy atom. The predicted octanol–water partition coefficient (Wildman–Crippen LogP) is 1.58. The van der Waals surface area contributed by atoms with Gasteiger partial charge in [-0.15, -0.1) is 0 Å². The van der Waals surface area contributed by atoms with Crippen LogP contribution in [0.2, 0.25) is 0 Å². The summed E-state index contributed by atoms with van der Waals surface area (Å²) in [7, 11) is 0. The number of rotatable bonds is 8. The van der Waals surface area contributed by atoms with E-state index in [4.69, 9.17) is 0 Å². The fraction of sp³-hybridized carbons (Fsp3) is 0.900. The van der Waals surface area contributed by atoms with Crippen molar-refractivity contribution in [3.05, 3.63) is 6.92 Å². The summed E-state index contributed by atoms with van der Waals surface area (Å²) in [6.45, 7) is 11.4. The summed E-state index contributed by atoms with van der Waals surface area (Å²) < 4.78 is 0. The Balaban J connectivity index is 2.82. The van der Waals surface area contributed by atoms with Crippen LogP contribution in [0.25, 0.3) is 0 Å². The number of hydrogen-bond donors (Lipinski definition) is 2. The zero-order chi connectivity index (χ0) is 9.23. The lowest BCUT2D eigenvalue weighted by atomic mass is 10.2. The van der Waals surface area contributed by atoms with E-state index < -0.39 is 0 Å². The molecule has 2 heteroatoms. The largest absolute Gasteiger partial charge is 0.315 e. The van der Waals surface area contributed by atoms with Crippen molar-refractivity contribution in [2.45, 2.75) is 39.2 Å². The normalized spacial score (nSPS) is 11.0. The van der Waals surface area contributed by atoms with Crippen molar-refractivity contribution in [3.8, 4) is 0 Å². The van der Waals surface area contributed by atoms with Gasteiger partial charge in [-0.1, -0.05) is 33.6 Å². The van der Waals surface area contributed by atoms with Crippen LogP contribution in [0.15, 0.2) is 0 Å².